The van der Waals surface area contributed by atoms with Crippen LogP contribution >= 0.6 is 22.7 Å². The predicted octanol–water partition coefficient (Wildman–Crippen LogP) is 10.5. The van der Waals surface area contributed by atoms with Gasteiger partial charge < -0.3 is 0 Å². The van der Waals surface area contributed by atoms with E-state index >= 15 is 0 Å². The van der Waals surface area contributed by atoms with Gasteiger partial charge in [-0.1, -0.05) is 91.0 Å². The molecule has 0 aliphatic heterocycles. The van der Waals surface area contributed by atoms with Crippen LogP contribution in [0, 0.1) is 0 Å². The summed E-state index contributed by atoms with van der Waals surface area (Å²) in [7, 11) is 0. The van der Waals surface area contributed by atoms with Gasteiger partial charge in [-0.15, -0.1) is 22.7 Å². The molecular weight excluding hydrogens is 539 g/mol. The number of benzene rings is 5. The SMILES string of the molecule is c1ccc(-n2c(-c3ccc(-c4nc5sc6ccccc6c5c5c4sc4ccccc45)cc3)nc3ccccc32)cc1. The molecule has 0 N–H and O–H groups in total. The minimum Gasteiger partial charge on any atom is -0.292 e. The molecule has 9 aromatic rings. The summed E-state index contributed by atoms with van der Waals surface area (Å²) < 4.78 is 6.06. The Bertz CT molecular complexity index is 2410. The fraction of sp³-hybridized carbons (Fsp3) is 0. The minimum atomic E-state index is 0.934. The van der Waals surface area contributed by atoms with Gasteiger partial charge in [0.1, 0.15) is 10.7 Å². The van der Waals surface area contributed by atoms with Crippen LogP contribution in [0.4, 0.5) is 0 Å². The first-order valence-electron chi connectivity index (χ1n) is 13.6. The zero-order valence-electron chi connectivity index (χ0n) is 21.8. The summed E-state index contributed by atoms with van der Waals surface area (Å²) in [6.45, 7) is 0. The van der Waals surface area contributed by atoms with Crippen LogP contribution in [0.15, 0.2) is 127 Å². The van der Waals surface area contributed by atoms with Gasteiger partial charge in [-0.2, -0.15) is 0 Å². The van der Waals surface area contributed by atoms with Crippen molar-refractivity contribution in [2.75, 3.05) is 0 Å². The molecule has 0 saturated heterocycles. The Morgan fingerprint density at radius 1 is 0.512 bits per heavy atom. The summed E-state index contributed by atoms with van der Waals surface area (Å²) in [4.78, 5) is 11.5. The average molecular weight is 560 g/mol. The number of imidazole rings is 1. The molecule has 0 atom stereocenters. The van der Waals surface area contributed by atoms with Gasteiger partial charge in [0, 0.05) is 47.8 Å². The Labute approximate surface area is 243 Å². The monoisotopic (exact) mass is 559 g/mol. The molecule has 0 fully saturated rings. The zero-order chi connectivity index (χ0) is 26.9. The molecule has 5 aromatic carbocycles. The van der Waals surface area contributed by atoms with E-state index in [0.717, 1.165) is 44.2 Å². The largest absolute Gasteiger partial charge is 0.292 e. The quantitative estimate of drug-likeness (QED) is 0.216. The molecule has 0 bridgehead atoms. The van der Waals surface area contributed by atoms with Gasteiger partial charge in [0.2, 0.25) is 0 Å². The van der Waals surface area contributed by atoms with Crippen LogP contribution in [0.5, 0.6) is 0 Å². The summed E-state index contributed by atoms with van der Waals surface area (Å²) in [5.74, 6) is 0.934. The Balaban J connectivity index is 1.27. The molecule has 0 radical (unpaired) electrons. The van der Waals surface area contributed by atoms with Gasteiger partial charge in [-0.25, -0.2) is 9.97 Å². The molecule has 192 valence electrons. The lowest BCUT2D eigenvalue weighted by Crippen LogP contribution is -1.97. The van der Waals surface area contributed by atoms with Crippen LogP contribution in [0.1, 0.15) is 0 Å². The van der Waals surface area contributed by atoms with Crippen molar-refractivity contribution in [3.63, 3.8) is 0 Å². The maximum atomic E-state index is 5.32. The van der Waals surface area contributed by atoms with E-state index in [9.17, 15) is 0 Å². The number of para-hydroxylation sites is 3. The number of nitrogens with zero attached hydrogens (tertiary/aromatic N) is 3. The van der Waals surface area contributed by atoms with Gasteiger partial charge in [0.25, 0.3) is 0 Å². The van der Waals surface area contributed by atoms with Crippen molar-refractivity contribution >= 4 is 74.2 Å². The smallest absolute Gasteiger partial charge is 0.145 e. The number of aromatic nitrogens is 3. The second-order valence-corrected chi connectivity index (χ2v) is 12.3. The van der Waals surface area contributed by atoms with E-state index in [1.807, 2.05) is 23.5 Å². The Morgan fingerprint density at radius 2 is 1.15 bits per heavy atom. The van der Waals surface area contributed by atoms with Crippen molar-refractivity contribution in [1.29, 1.82) is 0 Å². The Hall–Kier alpha value is -4.84. The number of pyridine rings is 1. The molecule has 4 aromatic heterocycles. The van der Waals surface area contributed by atoms with Crippen LogP contribution in [0.2, 0.25) is 0 Å². The van der Waals surface area contributed by atoms with Gasteiger partial charge in [0.15, 0.2) is 0 Å². The number of fused-ring (bicyclic) bond motifs is 8. The van der Waals surface area contributed by atoms with Crippen molar-refractivity contribution in [3.8, 4) is 28.3 Å². The third-order valence-corrected chi connectivity index (χ3v) is 10.1. The van der Waals surface area contributed by atoms with Crippen molar-refractivity contribution < 1.29 is 0 Å². The molecule has 0 unspecified atom stereocenters. The molecular formula is C36H21N3S2. The summed E-state index contributed by atoms with van der Waals surface area (Å²) in [5.41, 5.74) is 6.42. The molecule has 4 heterocycles. The fourth-order valence-corrected chi connectivity index (χ4v) is 8.30. The summed E-state index contributed by atoms with van der Waals surface area (Å²) in [6.07, 6.45) is 0. The van der Waals surface area contributed by atoms with E-state index < -0.39 is 0 Å². The zero-order valence-corrected chi connectivity index (χ0v) is 23.4. The molecule has 0 spiro atoms. The molecule has 0 saturated carbocycles. The summed E-state index contributed by atoms with van der Waals surface area (Å²) in [5, 5.41) is 5.18. The van der Waals surface area contributed by atoms with Gasteiger partial charge in [-0.3, -0.25) is 4.57 Å². The van der Waals surface area contributed by atoms with Crippen molar-refractivity contribution in [2.45, 2.75) is 0 Å². The maximum absolute atomic E-state index is 5.32. The first kappa shape index (κ1) is 22.9. The van der Waals surface area contributed by atoms with Gasteiger partial charge in [-0.05, 0) is 36.4 Å². The van der Waals surface area contributed by atoms with E-state index in [0.29, 0.717) is 0 Å². The van der Waals surface area contributed by atoms with Crippen LogP contribution in [0.3, 0.4) is 0 Å². The van der Waals surface area contributed by atoms with Gasteiger partial charge >= 0.3 is 0 Å². The highest BCUT2D eigenvalue weighted by Crippen LogP contribution is 2.47. The topological polar surface area (TPSA) is 30.7 Å². The highest BCUT2D eigenvalue weighted by Gasteiger charge is 2.20. The van der Waals surface area contributed by atoms with Crippen molar-refractivity contribution in [3.05, 3.63) is 127 Å². The number of hydrogen-bond acceptors (Lipinski definition) is 4. The van der Waals surface area contributed by atoms with E-state index in [2.05, 4.69) is 120 Å². The highest BCUT2D eigenvalue weighted by atomic mass is 32.1. The summed E-state index contributed by atoms with van der Waals surface area (Å²) in [6, 6.07) is 45.0. The highest BCUT2D eigenvalue weighted by molar-refractivity contribution is 7.28. The standard InChI is InChI=1S/C36H21N3S2/c1-2-10-24(11-3-1)39-28-15-7-6-14-27(28)37-35(39)23-20-18-22(19-21-23)33-34-31(25-12-4-8-16-29(25)40-34)32-26-13-5-9-17-30(26)41-36(32)38-33/h1-21H. The van der Waals surface area contributed by atoms with Crippen molar-refractivity contribution in [1.82, 2.24) is 14.5 Å². The lowest BCUT2D eigenvalue weighted by atomic mass is 10.0. The van der Waals surface area contributed by atoms with E-state index in [4.69, 9.17) is 9.97 Å². The number of thiophene rings is 2. The molecule has 41 heavy (non-hydrogen) atoms. The molecule has 3 nitrogen and oxygen atoms in total. The molecule has 0 amide bonds. The fourth-order valence-electron chi connectivity index (χ4n) is 6.00. The Morgan fingerprint density at radius 3 is 1.95 bits per heavy atom. The third kappa shape index (κ3) is 3.43. The number of hydrogen-bond donors (Lipinski definition) is 0. The summed E-state index contributed by atoms with van der Waals surface area (Å²) >= 11 is 3.62. The van der Waals surface area contributed by atoms with Crippen LogP contribution in [-0.2, 0) is 0 Å². The molecule has 0 aliphatic rings. The Kier molecular flexibility index (Phi) is 4.94. The number of rotatable bonds is 3. The van der Waals surface area contributed by atoms with Crippen molar-refractivity contribution in [2.24, 2.45) is 0 Å². The second kappa shape index (κ2) is 8.83. The van der Waals surface area contributed by atoms with E-state index in [-0.39, 0.29) is 0 Å². The van der Waals surface area contributed by atoms with E-state index in [1.54, 1.807) is 11.3 Å². The maximum Gasteiger partial charge on any atom is 0.145 e. The minimum absolute atomic E-state index is 0.934. The predicted molar refractivity (Wildman–Crippen MR) is 176 cm³/mol. The molecule has 9 rings (SSSR count). The van der Waals surface area contributed by atoms with Crippen LogP contribution in [0.25, 0.3) is 79.8 Å². The molecule has 5 heteroatoms. The second-order valence-electron chi connectivity index (χ2n) is 10.2. The van der Waals surface area contributed by atoms with E-state index in [1.165, 1.54) is 35.6 Å². The van der Waals surface area contributed by atoms with Crippen LogP contribution in [-0.4, -0.2) is 14.5 Å². The normalized spacial score (nSPS) is 11.9. The third-order valence-electron chi connectivity index (χ3n) is 7.84. The van der Waals surface area contributed by atoms with Crippen LogP contribution < -0.4 is 0 Å². The average Bonchev–Trinajstić information content (AvgIpc) is 3.72. The first-order valence-corrected chi connectivity index (χ1v) is 15.2. The lowest BCUT2D eigenvalue weighted by molar-refractivity contribution is 1.10. The first-order chi connectivity index (χ1) is 20.3. The lowest BCUT2D eigenvalue weighted by Gasteiger charge is -2.10. The van der Waals surface area contributed by atoms with Gasteiger partial charge in [0.05, 0.1) is 21.4 Å². The molecule has 0 aliphatic carbocycles.